The molecule has 0 fully saturated rings. The zero-order valence-corrected chi connectivity index (χ0v) is 27.9. The van der Waals surface area contributed by atoms with Gasteiger partial charge < -0.3 is 19.9 Å². The predicted octanol–water partition coefficient (Wildman–Crippen LogP) is 8.65. The van der Waals surface area contributed by atoms with E-state index in [1.165, 1.54) is 0 Å². The molecule has 0 atom stereocenters. The van der Waals surface area contributed by atoms with Crippen LogP contribution in [0.3, 0.4) is 0 Å². The summed E-state index contributed by atoms with van der Waals surface area (Å²) in [5.41, 5.74) is 9.71. The molecule has 0 spiro atoms. The van der Waals surface area contributed by atoms with Crippen LogP contribution >= 0.6 is 0 Å². The van der Waals surface area contributed by atoms with Gasteiger partial charge in [0, 0.05) is 42.4 Å². The summed E-state index contributed by atoms with van der Waals surface area (Å²) in [5.74, 6) is 0.652. The molecule has 242 valence electrons. The molecule has 9 heteroatoms. The molecule has 0 saturated heterocycles. The van der Waals surface area contributed by atoms with E-state index >= 15 is 0 Å². The number of carbonyl (C=O) groups excluding carboxylic acids is 2. The van der Waals surface area contributed by atoms with E-state index in [0.29, 0.717) is 23.0 Å². The Morgan fingerprint density at radius 1 is 0.787 bits per heavy atom. The number of rotatable bonds is 11. The summed E-state index contributed by atoms with van der Waals surface area (Å²) < 4.78 is 7.53. The Hall–Kier alpha value is -5.44. The van der Waals surface area contributed by atoms with E-state index in [1.807, 2.05) is 54.9 Å². The lowest BCUT2D eigenvalue weighted by molar-refractivity contribution is 0.102. The Balaban J connectivity index is 1.28. The van der Waals surface area contributed by atoms with Gasteiger partial charge in [-0.3, -0.25) is 10.1 Å². The van der Waals surface area contributed by atoms with E-state index < -0.39 is 6.09 Å². The normalized spacial score (nSPS) is 10.9. The zero-order chi connectivity index (χ0) is 33.5. The van der Waals surface area contributed by atoms with Gasteiger partial charge in [-0.2, -0.15) is 0 Å². The van der Waals surface area contributed by atoms with Crippen LogP contribution in [0.5, 0.6) is 5.75 Å². The fourth-order valence-electron chi connectivity index (χ4n) is 5.70. The molecule has 0 aliphatic rings. The number of hydrogen-bond acceptors (Lipinski definition) is 6. The number of amides is 2. The van der Waals surface area contributed by atoms with Gasteiger partial charge in [-0.1, -0.05) is 64.1 Å². The smallest absolute Gasteiger partial charge is 0.408 e. The van der Waals surface area contributed by atoms with Gasteiger partial charge in [0.2, 0.25) is 5.95 Å². The van der Waals surface area contributed by atoms with Crippen LogP contribution in [0.25, 0.3) is 11.4 Å². The Morgan fingerprint density at radius 2 is 1.38 bits per heavy atom. The van der Waals surface area contributed by atoms with E-state index in [1.54, 1.807) is 30.6 Å². The van der Waals surface area contributed by atoms with E-state index in [4.69, 9.17) is 9.72 Å². The van der Waals surface area contributed by atoms with E-state index in [-0.39, 0.29) is 5.91 Å². The molecule has 0 saturated carbocycles. The van der Waals surface area contributed by atoms with Crippen molar-refractivity contribution in [2.24, 2.45) is 7.05 Å². The summed E-state index contributed by atoms with van der Waals surface area (Å²) in [4.78, 5) is 35.2. The van der Waals surface area contributed by atoms with Crippen LogP contribution < -0.4 is 20.7 Å². The lowest BCUT2D eigenvalue weighted by Gasteiger charge is -2.15. The van der Waals surface area contributed by atoms with Crippen molar-refractivity contribution in [1.82, 2.24) is 14.5 Å². The van der Waals surface area contributed by atoms with Crippen LogP contribution in [0, 0.1) is 6.92 Å². The van der Waals surface area contributed by atoms with E-state index in [9.17, 15) is 9.59 Å². The third kappa shape index (κ3) is 7.52. The lowest BCUT2D eigenvalue weighted by atomic mass is 10.0. The molecule has 0 aliphatic heterocycles. The molecular weight excluding hydrogens is 588 g/mol. The molecule has 0 radical (unpaired) electrons. The second-order valence-corrected chi connectivity index (χ2v) is 11.4. The van der Waals surface area contributed by atoms with Crippen LogP contribution in [0.4, 0.5) is 27.8 Å². The Bertz CT molecular complexity index is 1870. The highest BCUT2D eigenvalue weighted by atomic mass is 16.6. The van der Waals surface area contributed by atoms with Gasteiger partial charge in [-0.25, -0.2) is 14.8 Å². The van der Waals surface area contributed by atoms with Gasteiger partial charge in [0.05, 0.1) is 17.1 Å². The SMILES string of the molecule is CCc1cccc(CC)c1NC(=O)Oc1cc(-c2ccnc(Nc3ccc(C(=O)Nc4c(CC)cccc4CC)cc3C)n2)n(C)c1. The van der Waals surface area contributed by atoms with Crippen LogP contribution in [0.15, 0.2) is 79.1 Å². The molecule has 0 bridgehead atoms. The first-order valence-electron chi connectivity index (χ1n) is 16.1. The van der Waals surface area contributed by atoms with Gasteiger partial charge in [-0.15, -0.1) is 0 Å². The van der Waals surface area contributed by atoms with Gasteiger partial charge in [0.1, 0.15) is 0 Å². The molecule has 0 unspecified atom stereocenters. The van der Waals surface area contributed by atoms with Crippen molar-refractivity contribution in [2.75, 3.05) is 16.0 Å². The molecule has 3 aromatic carbocycles. The summed E-state index contributed by atoms with van der Waals surface area (Å²) in [6.45, 7) is 10.2. The van der Waals surface area contributed by atoms with Crippen LogP contribution in [-0.4, -0.2) is 26.5 Å². The Morgan fingerprint density at radius 3 is 1.96 bits per heavy atom. The topological polar surface area (TPSA) is 110 Å². The number of ether oxygens (including phenoxy) is 1. The van der Waals surface area contributed by atoms with Gasteiger partial charge in [-0.05, 0) is 84.7 Å². The summed E-state index contributed by atoms with van der Waals surface area (Å²) in [7, 11) is 1.87. The lowest BCUT2D eigenvalue weighted by Crippen LogP contribution is -2.18. The number of anilines is 4. The standard InChI is InChI=1S/C38H42N6O3/c1-7-25-13-11-14-26(8-2)34(25)42-36(45)29-17-18-31(24(5)21-29)40-37-39-20-19-32(41-37)33-22-30(23-44(33)6)47-38(46)43-35-27(9-3)15-12-16-28(35)10-4/h11-23H,7-10H2,1-6H3,(H,42,45)(H,43,46)(H,39,40,41). The first-order valence-corrected chi connectivity index (χ1v) is 16.1. The van der Waals surface area contributed by atoms with Gasteiger partial charge >= 0.3 is 6.09 Å². The molecule has 2 heterocycles. The first-order chi connectivity index (χ1) is 22.7. The minimum Gasteiger partial charge on any atom is -0.408 e. The molecule has 0 aliphatic carbocycles. The number of aryl methyl sites for hydroxylation is 6. The molecule has 9 nitrogen and oxygen atoms in total. The minimum absolute atomic E-state index is 0.149. The number of para-hydroxylation sites is 2. The second-order valence-electron chi connectivity index (χ2n) is 11.4. The fraction of sp³-hybridized carbons (Fsp3) is 0.263. The molecule has 47 heavy (non-hydrogen) atoms. The molecule has 3 N–H and O–H groups in total. The van der Waals surface area contributed by atoms with Crippen molar-refractivity contribution in [2.45, 2.75) is 60.3 Å². The fourth-order valence-corrected chi connectivity index (χ4v) is 5.70. The summed E-state index contributed by atoms with van der Waals surface area (Å²) >= 11 is 0. The third-order valence-electron chi connectivity index (χ3n) is 8.31. The number of nitrogens with one attached hydrogen (secondary N) is 3. The van der Waals surface area contributed by atoms with Crippen molar-refractivity contribution >= 4 is 35.0 Å². The molecule has 5 rings (SSSR count). The number of carbonyl (C=O) groups is 2. The highest BCUT2D eigenvalue weighted by Crippen LogP contribution is 2.28. The Kier molecular flexibility index (Phi) is 10.3. The highest BCUT2D eigenvalue weighted by Gasteiger charge is 2.16. The number of benzene rings is 3. The maximum atomic E-state index is 13.2. The number of aromatic nitrogens is 3. The van der Waals surface area contributed by atoms with Crippen molar-refractivity contribution in [3.63, 3.8) is 0 Å². The van der Waals surface area contributed by atoms with Crippen molar-refractivity contribution < 1.29 is 14.3 Å². The average Bonchev–Trinajstić information content (AvgIpc) is 3.45. The van der Waals surface area contributed by atoms with Gasteiger partial charge in [0.25, 0.3) is 5.91 Å². The molecular formula is C38H42N6O3. The van der Waals surface area contributed by atoms with Gasteiger partial charge in [0.15, 0.2) is 5.75 Å². The van der Waals surface area contributed by atoms with Crippen molar-refractivity contribution in [3.8, 4) is 17.1 Å². The molecule has 2 aromatic heterocycles. The van der Waals surface area contributed by atoms with Crippen LogP contribution in [0.1, 0.15) is 65.9 Å². The van der Waals surface area contributed by atoms with E-state index in [2.05, 4.69) is 60.8 Å². The average molecular weight is 631 g/mol. The van der Waals surface area contributed by atoms with Crippen molar-refractivity contribution in [3.05, 3.63) is 113 Å². The van der Waals surface area contributed by atoms with Crippen molar-refractivity contribution in [1.29, 1.82) is 0 Å². The molecule has 5 aromatic rings. The third-order valence-corrected chi connectivity index (χ3v) is 8.31. The largest absolute Gasteiger partial charge is 0.417 e. The summed E-state index contributed by atoms with van der Waals surface area (Å²) in [6, 6.07) is 21.3. The zero-order valence-electron chi connectivity index (χ0n) is 27.9. The monoisotopic (exact) mass is 630 g/mol. The maximum absolute atomic E-state index is 13.2. The maximum Gasteiger partial charge on any atom is 0.417 e. The Labute approximate surface area is 276 Å². The number of hydrogen-bond donors (Lipinski definition) is 3. The molecule has 2 amide bonds. The van der Waals surface area contributed by atoms with Crippen LogP contribution in [-0.2, 0) is 32.7 Å². The quantitative estimate of drug-likeness (QED) is 0.135. The van der Waals surface area contributed by atoms with E-state index in [0.717, 1.165) is 76.3 Å². The summed E-state index contributed by atoms with van der Waals surface area (Å²) in [5, 5.41) is 9.36. The summed E-state index contributed by atoms with van der Waals surface area (Å²) in [6.07, 6.45) is 6.15. The minimum atomic E-state index is -0.546. The number of nitrogens with zero attached hydrogens (tertiary/aromatic N) is 3. The highest BCUT2D eigenvalue weighted by molar-refractivity contribution is 6.05. The predicted molar refractivity (Wildman–Crippen MR) is 189 cm³/mol. The second kappa shape index (κ2) is 14.8. The van der Waals surface area contributed by atoms with Crippen LogP contribution in [0.2, 0.25) is 0 Å². The first kappa shape index (κ1) is 32.9.